The zero-order chi connectivity index (χ0) is 17.5. The normalized spacial score (nSPS) is 16.4. The maximum atomic E-state index is 13.2. The lowest BCUT2D eigenvalue weighted by atomic mass is 10.2. The lowest BCUT2D eigenvalue weighted by molar-refractivity contribution is 0.0936. The molecule has 0 radical (unpaired) electrons. The van der Waals surface area contributed by atoms with Crippen molar-refractivity contribution in [3.63, 3.8) is 0 Å². The molecule has 132 valence electrons. The van der Waals surface area contributed by atoms with E-state index in [1.54, 1.807) is 6.07 Å². The molecule has 0 aliphatic carbocycles. The van der Waals surface area contributed by atoms with Gasteiger partial charge in [0, 0.05) is 6.54 Å². The molecule has 0 amide bonds. The number of nitrogens with one attached hydrogen (secondary N) is 2. The summed E-state index contributed by atoms with van der Waals surface area (Å²) in [6, 6.07) is 14.1. The Morgan fingerprint density at radius 1 is 1.16 bits per heavy atom. The van der Waals surface area contributed by atoms with Gasteiger partial charge >= 0.3 is 0 Å². The quantitative estimate of drug-likeness (QED) is 0.647. The molecular formula is C19H22FN3O2. The van der Waals surface area contributed by atoms with Crippen LogP contribution in [-0.4, -0.2) is 31.8 Å². The number of nitrogens with zero attached hydrogens (tertiary/aromatic N) is 1. The Kier molecular flexibility index (Phi) is 5.72. The summed E-state index contributed by atoms with van der Waals surface area (Å²) >= 11 is 0. The van der Waals surface area contributed by atoms with Crippen molar-refractivity contribution in [3.8, 4) is 11.5 Å². The zero-order valence-corrected chi connectivity index (χ0v) is 14.2. The average Bonchev–Trinajstić information content (AvgIpc) is 2.64. The molecule has 1 unspecified atom stereocenters. The molecule has 0 saturated heterocycles. The third kappa shape index (κ3) is 4.86. The number of guanidine groups is 1. The van der Waals surface area contributed by atoms with Gasteiger partial charge in [0.25, 0.3) is 0 Å². The second-order valence-corrected chi connectivity index (χ2v) is 5.70. The van der Waals surface area contributed by atoms with Crippen LogP contribution in [0.15, 0.2) is 53.5 Å². The number of benzene rings is 2. The third-order valence-electron chi connectivity index (χ3n) is 3.72. The Hall–Kier alpha value is -2.76. The van der Waals surface area contributed by atoms with Gasteiger partial charge in [-0.1, -0.05) is 24.3 Å². The van der Waals surface area contributed by atoms with Crippen LogP contribution < -0.4 is 20.1 Å². The topological polar surface area (TPSA) is 54.9 Å². The van der Waals surface area contributed by atoms with E-state index in [2.05, 4.69) is 15.6 Å². The zero-order valence-electron chi connectivity index (χ0n) is 14.2. The van der Waals surface area contributed by atoms with Crippen LogP contribution in [-0.2, 0) is 6.54 Å². The maximum Gasteiger partial charge on any atom is 0.191 e. The number of hydrogen-bond donors (Lipinski definition) is 2. The molecule has 0 spiro atoms. The molecule has 0 aromatic heterocycles. The predicted molar refractivity (Wildman–Crippen MR) is 95.6 cm³/mol. The second kappa shape index (κ2) is 8.37. The van der Waals surface area contributed by atoms with Crippen molar-refractivity contribution in [2.45, 2.75) is 19.6 Å². The van der Waals surface area contributed by atoms with E-state index in [1.807, 2.05) is 37.3 Å². The van der Waals surface area contributed by atoms with Crippen molar-refractivity contribution < 1.29 is 13.9 Å². The summed E-state index contributed by atoms with van der Waals surface area (Å²) in [5, 5.41) is 6.42. The van der Waals surface area contributed by atoms with Crippen LogP contribution in [0.4, 0.5) is 4.39 Å². The number of para-hydroxylation sites is 2. The van der Waals surface area contributed by atoms with Crippen molar-refractivity contribution in [1.29, 1.82) is 0 Å². The largest absolute Gasteiger partial charge is 0.486 e. The first-order chi connectivity index (χ1) is 12.2. The van der Waals surface area contributed by atoms with Crippen LogP contribution in [0.5, 0.6) is 11.5 Å². The molecule has 6 heteroatoms. The van der Waals surface area contributed by atoms with E-state index < -0.39 is 0 Å². The van der Waals surface area contributed by atoms with Crippen molar-refractivity contribution in [1.82, 2.24) is 10.6 Å². The van der Waals surface area contributed by atoms with Crippen LogP contribution in [0.25, 0.3) is 0 Å². The third-order valence-corrected chi connectivity index (χ3v) is 3.72. The highest BCUT2D eigenvalue weighted by molar-refractivity contribution is 5.79. The summed E-state index contributed by atoms with van der Waals surface area (Å²) in [6.45, 7) is 4.17. The van der Waals surface area contributed by atoms with Crippen LogP contribution in [0.2, 0.25) is 0 Å². The van der Waals surface area contributed by atoms with Crippen LogP contribution >= 0.6 is 0 Å². The fourth-order valence-electron chi connectivity index (χ4n) is 2.52. The Labute approximate surface area is 146 Å². The molecule has 0 bridgehead atoms. The van der Waals surface area contributed by atoms with E-state index in [-0.39, 0.29) is 11.9 Å². The Bertz CT molecular complexity index is 736. The molecule has 2 aromatic rings. The molecule has 1 aliphatic heterocycles. The van der Waals surface area contributed by atoms with E-state index in [0.29, 0.717) is 25.7 Å². The minimum Gasteiger partial charge on any atom is -0.486 e. The van der Waals surface area contributed by atoms with Crippen LogP contribution in [0.1, 0.15) is 12.5 Å². The van der Waals surface area contributed by atoms with Crippen LogP contribution in [0.3, 0.4) is 0 Å². The van der Waals surface area contributed by atoms with Gasteiger partial charge in [-0.15, -0.1) is 0 Å². The Balaban J connectivity index is 1.56. The van der Waals surface area contributed by atoms with Gasteiger partial charge in [0.1, 0.15) is 18.5 Å². The monoisotopic (exact) mass is 343 g/mol. The minimum atomic E-state index is -0.253. The second-order valence-electron chi connectivity index (χ2n) is 5.70. The van der Waals surface area contributed by atoms with Gasteiger partial charge in [-0.05, 0) is 36.8 Å². The molecule has 1 atom stereocenters. The average molecular weight is 343 g/mol. The van der Waals surface area contributed by atoms with Gasteiger partial charge < -0.3 is 20.1 Å². The Morgan fingerprint density at radius 2 is 2.00 bits per heavy atom. The first kappa shape index (κ1) is 17.1. The number of rotatable bonds is 5. The summed E-state index contributed by atoms with van der Waals surface area (Å²) in [5.41, 5.74) is 0.823. The molecule has 0 fully saturated rings. The van der Waals surface area contributed by atoms with E-state index >= 15 is 0 Å². The van der Waals surface area contributed by atoms with Gasteiger partial charge in [0.15, 0.2) is 17.5 Å². The van der Waals surface area contributed by atoms with Crippen molar-refractivity contribution >= 4 is 5.96 Å². The van der Waals surface area contributed by atoms with Crippen molar-refractivity contribution in [3.05, 3.63) is 59.9 Å². The highest BCUT2D eigenvalue weighted by Gasteiger charge is 2.20. The molecule has 3 rings (SSSR count). The van der Waals surface area contributed by atoms with Gasteiger partial charge in [0.05, 0.1) is 13.1 Å². The minimum absolute atomic E-state index is 0.104. The molecule has 25 heavy (non-hydrogen) atoms. The molecular weight excluding hydrogens is 321 g/mol. The fourth-order valence-corrected chi connectivity index (χ4v) is 2.52. The fraction of sp³-hybridized carbons (Fsp3) is 0.316. The summed E-state index contributed by atoms with van der Waals surface area (Å²) in [6.07, 6.45) is -0.104. The van der Waals surface area contributed by atoms with Crippen LogP contribution in [0, 0.1) is 5.82 Å². The standard InChI is InChI=1S/C19H22FN3O2/c1-2-21-19(22-11-14-6-5-7-15(20)10-14)23-12-16-13-24-17-8-3-4-9-18(17)25-16/h3-10,16H,2,11-13H2,1H3,(H2,21,22,23). The highest BCUT2D eigenvalue weighted by atomic mass is 19.1. The SMILES string of the molecule is CCNC(=NCc1cccc(F)c1)NCC1COc2ccccc2O1. The molecule has 1 heterocycles. The van der Waals surface area contributed by atoms with Crippen molar-refractivity contribution in [2.24, 2.45) is 4.99 Å². The van der Waals surface area contributed by atoms with E-state index in [4.69, 9.17) is 9.47 Å². The summed E-state index contributed by atoms with van der Waals surface area (Å²) in [5.74, 6) is 1.93. The molecule has 1 aliphatic rings. The van der Waals surface area contributed by atoms with Crippen molar-refractivity contribution in [2.75, 3.05) is 19.7 Å². The summed E-state index contributed by atoms with van der Waals surface area (Å²) in [7, 11) is 0. The highest BCUT2D eigenvalue weighted by Crippen LogP contribution is 2.30. The molecule has 2 N–H and O–H groups in total. The van der Waals surface area contributed by atoms with E-state index in [9.17, 15) is 4.39 Å². The smallest absolute Gasteiger partial charge is 0.191 e. The number of ether oxygens (including phenoxy) is 2. The predicted octanol–water partition coefficient (Wildman–Crippen LogP) is 2.72. The number of hydrogen-bond acceptors (Lipinski definition) is 3. The summed E-state index contributed by atoms with van der Waals surface area (Å²) < 4.78 is 24.9. The summed E-state index contributed by atoms with van der Waals surface area (Å²) in [4.78, 5) is 4.48. The van der Waals surface area contributed by atoms with Gasteiger partial charge in [-0.3, -0.25) is 0 Å². The lowest BCUT2D eigenvalue weighted by Crippen LogP contribution is -2.45. The van der Waals surface area contributed by atoms with Gasteiger partial charge in [-0.2, -0.15) is 0 Å². The van der Waals surface area contributed by atoms with E-state index in [1.165, 1.54) is 12.1 Å². The first-order valence-electron chi connectivity index (χ1n) is 8.39. The first-order valence-corrected chi connectivity index (χ1v) is 8.39. The number of halogens is 1. The maximum absolute atomic E-state index is 13.2. The molecule has 2 aromatic carbocycles. The number of fused-ring (bicyclic) bond motifs is 1. The number of aliphatic imine (C=N–C) groups is 1. The van der Waals surface area contributed by atoms with E-state index in [0.717, 1.165) is 23.6 Å². The van der Waals surface area contributed by atoms with Gasteiger partial charge in [0.2, 0.25) is 0 Å². The lowest BCUT2D eigenvalue weighted by Gasteiger charge is -2.27. The Morgan fingerprint density at radius 3 is 2.80 bits per heavy atom. The molecule has 5 nitrogen and oxygen atoms in total. The van der Waals surface area contributed by atoms with Gasteiger partial charge in [-0.25, -0.2) is 9.38 Å². The molecule has 0 saturated carbocycles.